The van der Waals surface area contributed by atoms with Crippen LogP contribution >= 0.6 is 0 Å². The molecule has 1 saturated carbocycles. The number of carbonyl (C=O) groups is 2. The van der Waals surface area contributed by atoms with Crippen LogP contribution in [-0.2, 0) is 16.1 Å². The molecule has 6 heteroatoms. The van der Waals surface area contributed by atoms with Crippen molar-refractivity contribution in [3.05, 3.63) is 48.0 Å². The van der Waals surface area contributed by atoms with Gasteiger partial charge in [0.05, 0.1) is 17.4 Å². The van der Waals surface area contributed by atoms with E-state index in [2.05, 4.69) is 10.3 Å². The predicted molar refractivity (Wildman–Crippen MR) is 103 cm³/mol. The first-order valence-electron chi connectivity index (χ1n) is 9.20. The molecule has 4 atom stereocenters. The summed E-state index contributed by atoms with van der Waals surface area (Å²) in [5, 5.41) is 13.5. The minimum atomic E-state index is -0.878. The lowest BCUT2D eigenvalue weighted by atomic mass is 9.82. The highest BCUT2D eigenvalue weighted by Gasteiger charge is 2.51. The molecule has 2 aliphatic rings. The fourth-order valence-corrected chi connectivity index (χ4v) is 4.42. The van der Waals surface area contributed by atoms with Gasteiger partial charge in [-0.05, 0) is 36.0 Å². The van der Waals surface area contributed by atoms with E-state index in [0.717, 1.165) is 28.7 Å². The number of fused-ring (bicyclic) bond motifs is 3. The normalized spacial score (nSPS) is 25.7. The van der Waals surface area contributed by atoms with E-state index in [1.54, 1.807) is 0 Å². The van der Waals surface area contributed by atoms with Gasteiger partial charge >= 0.3 is 5.97 Å². The SMILES string of the molecule is CN(C)c1cc(CNC(=O)[C@H]2[C@@H](C(=O)O)[C@H]3C=C[C@H]2C3)c2ccccc2n1. The van der Waals surface area contributed by atoms with Crippen molar-refractivity contribution < 1.29 is 14.7 Å². The van der Waals surface area contributed by atoms with E-state index < -0.39 is 17.8 Å². The van der Waals surface area contributed by atoms with Crippen molar-refractivity contribution in [3.8, 4) is 0 Å². The Hall–Kier alpha value is -2.89. The summed E-state index contributed by atoms with van der Waals surface area (Å²) in [6.45, 7) is 0.354. The van der Waals surface area contributed by atoms with Crippen molar-refractivity contribution in [2.24, 2.45) is 23.7 Å². The van der Waals surface area contributed by atoms with E-state index in [0.29, 0.717) is 6.54 Å². The molecule has 0 unspecified atom stereocenters. The highest BCUT2D eigenvalue weighted by Crippen LogP contribution is 2.48. The second-order valence-corrected chi connectivity index (χ2v) is 7.61. The van der Waals surface area contributed by atoms with Crippen molar-refractivity contribution in [3.63, 3.8) is 0 Å². The number of hydrogen-bond acceptors (Lipinski definition) is 4. The average Bonchev–Trinajstić information content (AvgIpc) is 3.27. The number of anilines is 1. The summed E-state index contributed by atoms with van der Waals surface area (Å²) in [4.78, 5) is 31.1. The maximum absolute atomic E-state index is 12.8. The van der Waals surface area contributed by atoms with Crippen molar-refractivity contribution in [2.75, 3.05) is 19.0 Å². The van der Waals surface area contributed by atoms with Crippen LogP contribution < -0.4 is 10.2 Å². The first kappa shape index (κ1) is 17.5. The number of allylic oxidation sites excluding steroid dienone is 2. The molecule has 1 aromatic heterocycles. The molecular formula is C21H23N3O3. The minimum Gasteiger partial charge on any atom is -0.481 e. The monoisotopic (exact) mass is 365 g/mol. The highest BCUT2D eigenvalue weighted by atomic mass is 16.4. The fraction of sp³-hybridized carbons (Fsp3) is 0.381. The zero-order chi connectivity index (χ0) is 19.1. The number of amides is 1. The van der Waals surface area contributed by atoms with Crippen molar-refractivity contribution in [1.29, 1.82) is 0 Å². The van der Waals surface area contributed by atoms with Gasteiger partial charge in [0, 0.05) is 26.0 Å². The van der Waals surface area contributed by atoms with Gasteiger partial charge in [-0.1, -0.05) is 30.4 Å². The molecule has 4 rings (SSSR count). The molecule has 2 bridgehead atoms. The van der Waals surface area contributed by atoms with Crippen LogP contribution in [0.1, 0.15) is 12.0 Å². The number of para-hydroxylation sites is 1. The zero-order valence-corrected chi connectivity index (χ0v) is 15.4. The summed E-state index contributed by atoms with van der Waals surface area (Å²) in [6.07, 6.45) is 4.71. The quantitative estimate of drug-likeness (QED) is 0.796. The molecule has 27 heavy (non-hydrogen) atoms. The lowest BCUT2D eigenvalue weighted by Crippen LogP contribution is -2.39. The Balaban J connectivity index is 1.57. The van der Waals surface area contributed by atoms with E-state index in [1.165, 1.54) is 0 Å². The minimum absolute atomic E-state index is 0.0228. The van der Waals surface area contributed by atoms with Gasteiger partial charge in [0.25, 0.3) is 0 Å². The van der Waals surface area contributed by atoms with E-state index in [1.807, 2.05) is 61.5 Å². The van der Waals surface area contributed by atoms with Gasteiger partial charge < -0.3 is 15.3 Å². The van der Waals surface area contributed by atoms with Crippen LogP contribution in [-0.4, -0.2) is 36.1 Å². The first-order valence-corrected chi connectivity index (χ1v) is 9.20. The zero-order valence-electron chi connectivity index (χ0n) is 15.4. The molecule has 1 aromatic carbocycles. The second-order valence-electron chi connectivity index (χ2n) is 7.61. The van der Waals surface area contributed by atoms with Crippen LogP contribution in [0.15, 0.2) is 42.5 Å². The van der Waals surface area contributed by atoms with Gasteiger partial charge in [-0.3, -0.25) is 9.59 Å². The highest BCUT2D eigenvalue weighted by molar-refractivity contribution is 5.88. The number of nitrogens with one attached hydrogen (secondary N) is 1. The Morgan fingerprint density at radius 2 is 1.89 bits per heavy atom. The van der Waals surface area contributed by atoms with Crippen LogP contribution in [0.3, 0.4) is 0 Å². The Labute approximate surface area is 157 Å². The topological polar surface area (TPSA) is 82.5 Å². The lowest BCUT2D eigenvalue weighted by molar-refractivity contribution is -0.147. The molecule has 1 amide bonds. The molecule has 6 nitrogen and oxygen atoms in total. The lowest BCUT2D eigenvalue weighted by Gasteiger charge is -2.24. The van der Waals surface area contributed by atoms with Crippen LogP contribution in [0.25, 0.3) is 10.9 Å². The van der Waals surface area contributed by atoms with Crippen LogP contribution in [0.4, 0.5) is 5.82 Å². The molecule has 140 valence electrons. The van der Waals surface area contributed by atoms with E-state index in [9.17, 15) is 14.7 Å². The summed E-state index contributed by atoms with van der Waals surface area (Å²) in [5.74, 6) is -1.33. The molecule has 1 heterocycles. The van der Waals surface area contributed by atoms with Crippen molar-refractivity contribution in [2.45, 2.75) is 13.0 Å². The van der Waals surface area contributed by atoms with Crippen molar-refractivity contribution >= 4 is 28.6 Å². The summed E-state index contributed by atoms with van der Waals surface area (Å²) in [5.41, 5.74) is 1.85. The number of carboxylic acid groups (broad SMARTS) is 1. The number of aromatic nitrogens is 1. The third-order valence-corrected chi connectivity index (χ3v) is 5.75. The van der Waals surface area contributed by atoms with E-state index >= 15 is 0 Å². The van der Waals surface area contributed by atoms with Crippen LogP contribution in [0.2, 0.25) is 0 Å². The summed E-state index contributed by atoms with van der Waals surface area (Å²) in [6, 6.07) is 9.80. The number of carbonyl (C=O) groups excluding carboxylic acids is 1. The van der Waals surface area contributed by atoms with Gasteiger partial charge in [-0.15, -0.1) is 0 Å². The van der Waals surface area contributed by atoms with Gasteiger partial charge in [-0.2, -0.15) is 0 Å². The molecule has 1 fully saturated rings. The Kier molecular flexibility index (Phi) is 4.34. The Morgan fingerprint density at radius 1 is 1.19 bits per heavy atom. The Morgan fingerprint density at radius 3 is 2.59 bits per heavy atom. The largest absolute Gasteiger partial charge is 0.481 e. The maximum atomic E-state index is 12.8. The van der Waals surface area contributed by atoms with Gasteiger partial charge in [-0.25, -0.2) is 4.98 Å². The summed E-state index contributed by atoms with van der Waals surface area (Å²) in [7, 11) is 3.86. The third kappa shape index (κ3) is 3.05. The molecular weight excluding hydrogens is 342 g/mol. The molecule has 0 spiro atoms. The number of nitrogens with zero attached hydrogens (tertiary/aromatic N) is 2. The molecule has 2 aromatic rings. The van der Waals surface area contributed by atoms with Crippen molar-refractivity contribution in [1.82, 2.24) is 10.3 Å². The van der Waals surface area contributed by atoms with Gasteiger partial charge in [0.2, 0.25) is 5.91 Å². The number of carboxylic acids is 1. The number of rotatable bonds is 5. The predicted octanol–water partition coefficient (Wildman–Crippen LogP) is 2.44. The third-order valence-electron chi connectivity index (χ3n) is 5.75. The summed E-state index contributed by atoms with van der Waals surface area (Å²) < 4.78 is 0. The van der Waals surface area contributed by atoms with Gasteiger partial charge in [0.1, 0.15) is 5.82 Å². The Bertz CT molecular complexity index is 937. The standard InChI is InChI=1S/C21H23N3O3/c1-24(2)17-10-14(15-5-3-4-6-16(15)23-17)11-22-20(25)18-12-7-8-13(9-12)19(18)21(26)27/h3-8,10,12-13,18-19H,9,11H2,1-2H3,(H,22,25)(H,26,27)/t12-,13-,18+,19-/m0/s1. The first-order chi connectivity index (χ1) is 13.0. The smallest absolute Gasteiger partial charge is 0.307 e. The molecule has 0 aliphatic heterocycles. The maximum Gasteiger partial charge on any atom is 0.307 e. The fourth-order valence-electron chi connectivity index (χ4n) is 4.42. The molecule has 0 saturated heterocycles. The van der Waals surface area contributed by atoms with Gasteiger partial charge in [0.15, 0.2) is 0 Å². The molecule has 2 aliphatic carbocycles. The number of pyridine rings is 1. The van der Waals surface area contributed by atoms with E-state index in [4.69, 9.17) is 0 Å². The number of hydrogen-bond donors (Lipinski definition) is 2. The second kappa shape index (κ2) is 6.68. The van der Waals surface area contributed by atoms with Crippen LogP contribution in [0.5, 0.6) is 0 Å². The van der Waals surface area contributed by atoms with E-state index in [-0.39, 0.29) is 17.7 Å². The molecule has 0 radical (unpaired) electrons. The number of benzene rings is 1. The summed E-state index contributed by atoms with van der Waals surface area (Å²) >= 11 is 0. The average molecular weight is 365 g/mol. The number of aliphatic carboxylic acids is 1. The molecule has 2 N–H and O–H groups in total. The van der Waals surface area contributed by atoms with Crippen LogP contribution in [0, 0.1) is 23.7 Å².